The maximum atomic E-state index is 12.0. The van der Waals surface area contributed by atoms with Crippen LogP contribution in [0, 0.1) is 0 Å². The number of carbonyl (C=O) groups is 1. The molecular weight excluding hydrogens is 180 g/mol. The van der Waals surface area contributed by atoms with E-state index in [2.05, 4.69) is 4.90 Å². The third-order valence-electron chi connectivity index (χ3n) is 3.13. The summed E-state index contributed by atoms with van der Waals surface area (Å²) in [6.07, 6.45) is 2.17. The van der Waals surface area contributed by atoms with Crippen LogP contribution in [0.4, 0.5) is 0 Å². The van der Waals surface area contributed by atoms with Crippen molar-refractivity contribution in [2.24, 2.45) is 0 Å². The van der Waals surface area contributed by atoms with Gasteiger partial charge < -0.3 is 9.64 Å². The summed E-state index contributed by atoms with van der Waals surface area (Å²) in [5, 5.41) is 0. The molecule has 80 valence electrons. The summed E-state index contributed by atoms with van der Waals surface area (Å²) in [5.74, 6) is 0.299. The fourth-order valence-electron chi connectivity index (χ4n) is 2.22. The van der Waals surface area contributed by atoms with Crippen LogP contribution in [0.15, 0.2) is 0 Å². The molecule has 2 fully saturated rings. The maximum Gasteiger partial charge on any atom is 0.240 e. The Balaban J connectivity index is 1.92. The highest BCUT2D eigenvalue weighted by Gasteiger charge is 2.31. The van der Waals surface area contributed by atoms with Crippen LogP contribution in [0.2, 0.25) is 0 Å². The van der Waals surface area contributed by atoms with Gasteiger partial charge in [-0.15, -0.1) is 0 Å². The van der Waals surface area contributed by atoms with E-state index in [0.29, 0.717) is 19.1 Å². The molecule has 2 heterocycles. The summed E-state index contributed by atoms with van der Waals surface area (Å²) in [6.45, 7) is 3.98. The van der Waals surface area contributed by atoms with E-state index in [0.717, 1.165) is 32.5 Å². The van der Waals surface area contributed by atoms with E-state index in [9.17, 15) is 4.79 Å². The zero-order valence-corrected chi connectivity index (χ0v) is 8.74. The molecule has 0 N–H and O–H groups in total. The van der Waals surface area contributed by atoms with Crippen molar-refractivity contribution < 1.29 is 9.53 Å². The first kappa shape index (κ1) is 9.93. The van der Waals surface area contributed by atoms with Crippen LogP contribution in [0.1, 0.15) is 12.8 Å². The number of likely N-dealkylation sites (N-methyl/N-ethyl adjacent to an activating group) is 1. The Morgan fingerprint density at radius 1 is 1.29 bits per heavy atom. The van der Waals surface area contributed by atoms with Crippen molar-refractivity contribution >= 4 is 5.91 Å². The number of carbonyl (C=O) groups excluding carboxylic acids is 1. The van der Waals surface area contributed by atoms with Gasteiger partial charge in [-0.05, 0) is 26.4 Å². The van der Waals surface area contributed by atoms with E-state index in [1.807, 2.05) is 11.9 Å². The molecule has 2 rings (SSSR count). The molecular formula is C10H18N2O2. The standard InChI is InChI=1S/C10H18N2O2/c1-11-4-2-3-9(11)10(13)12-5-7-14-8-6-12/h9H,2-8H2,1H3. The number of amides is 1. The Kier molecular flexibility index (Phi) is 3.03. The first-order chi connectivity index (χ1) is 6.79. The molecule has 1 atom stereocenters. The van der Waals surface area contributed by atoms with E-state index in [1.54, 1.807) is 0 Å². The van der Waals surface area contributed by atoms with Gasteiger partial charge in [0.05, 0.1) is 19.3 Å². The Morgan fingerprint density at radius 3 is 2.57 bits per heavy atom. The molecule has 0 aromatic rings. The summed E-state index contributed by atoms with van der Waals surface area (Å²) in [6, 6.07) is 0.132. The summed E-state index contributed by atoms with van der Waals surface area (Å²) in [5.41, 5.74) is 0. The predicted molar refractivity (Wildman–Crippen MR) is 53.1 cm³/mol. The first-order valence-electron chi connectivity index (χ1n) is 5.36. The second-order valence-corrected chi connectivity index (χ2v) is 4.08. The van der Waals surface area contributed by atoms with Gasteiger partial charge in [0.2, 0.25) is 5.91 Å². The smallest absolute Gasteiger partial charge is 0.240 e. The number of likely N-dealkylation sites (tertiary alicyclic amines) is 1. The van der Waals surface area contributed by atoms with Crippen molar-refractivity contribution in [2.75, 3.05) is 39.9 Å². The lowest BCUT2D eigenvalue weighted by atomic mass is 10.2. The fraction of sp³-hybridized carbons (Fsp3) is 0.900. The van der Waals surface area contributed by atoms with Crippen molar-refractivity contribution in [3.05, 3.63) is 0 Å². The van der Waals surface area contributed by atoms with Gasteiger partial charge in [-0.25, -0.2) is 0 Å². The normalized spacial score (nSPS) is 29.5. The number of hydrogen-bond acceptors (Lipinski definition) is 3. The summed E-state index contributed by atoms with van der Waals surface area (Å²) in [4.78, 5) is 16.1. The highest BCUT2D eigenvalue weighted by Crippen LogP contribution is 2.17. The Morgan fingerprint density at radius 2 is 2.00 bits per heavy atom. The van der Waals surface area contributed by atoms with Crippen LogP contribution < -0.4 is 0 Å². The maximum absolute atomic E-state index is 12.0. The van der Waals surface area contributed by atoms with Crippen LogP contribution in [0.25, 0.3) is 0 Å². The lowest BCUT2D eigenvalue weighted by molar-refractivity contribution is -0.139. The second-order valence-electron chi connectivity index (χ2n) is 4.08. The summed E-state index contributed by atoms with van der Waals surface area (Å²) in [7, 11) is 2.04. The molecule has 0 aromatic heterocycles. The summed E-state index contributed by atoms with van der Waals surface area (Å²) < 4.78 is 5.23. The van der Waals surface area contributed by atoms with Gasteiger partial charge in [0.15, 0.2) is 0 Å². The Labute approximate surface area is 84.8 Å². The highest BCUT2D eigenvalue weighted by molar-refractivity contribution is 5.82. The monoisotopic (exact) mass is 198 g/mol. The zero-order valence-electron chi connectivity index (χ0n) is 8.74. The molecule has 0 spiro atoms. The van der Waals surface area contributed by atoms with E-state index in [1.165, 1.54) is 0 Å². The third-order valence-corrected chi connectivity index (χ3v) is 3.13. The number of ether oxygens (including phenoxy) is 1. The molecule has 0 aliphatic carbocycles. The number of hydrogen-bond donors (Lipinski definition) is 0. The van der Waals surface area contributed by atoms with Crippen LogP contribution in [0.5, 0.6) is 0 Å². The van der Waals surface area contributed by atoms with Crippen molar-refractivity contribution in [1.29, 1.82) is 0 Å². The minimum Gasteiger partial charge on any atom is -0.378 e. The molecule has 2 saturated heterocycles. The molecule has 0 saturated carbocycles. The molecule has 0 bridgehead atoms. The number of rotatable bonds is 1. The Bertz CT molecular complexity index is 214. The third kappa shape index (κ3) is 1.91. The minimum atomic E-state index is 0.132. The Hall–Kier alpha value is -0.610. The highest BCUT2D eigenvalue weighted by atomic mass is 16.5. The predicted octanol–water partition coefficient (Wildman–Crippen LogP) is -0.0606. The molecule has 4 heteroatoms. The molecule has 14 heavy (non-hydrogen) atoms. The molecule has 2 aliphatic rings. The van der Waals surface area contributed by atoms with Crippen LogP contribution in [0.3, 0.4) is 0 Å². The zero-order chi connectivity index (χ0) is 9.97. The van der Waals surface area contributed by atoms with Gasteiger partial charge in [0, 0.05) is 13.1 Å². The molecule has 1 unspecified atom stereocenters. The van der Waals surface area contributed by atoms with Crippen molar-refractivity contribution in [1.82, 2.24) is 9.80 Å². The molecule has 1 amide bonds. The second kappa shape index (κ2) is 4.28. The average Bonchev–Trinajstić information content (AvgIpc) is 2.65. The SMILES string of the molecule is CN1CCCC1C(=O)N1CCOCC1. The lowest BCUT2D eigenvalue weighted by Gasteiger charge is -2.31. The van der Waals surface area contributed by atoms with Crippen LogP contribution in [-0.4, -0.2) is 61.6 Å². The van der Waals surface area contributed by atoms with Gasteiger partial charge in [-0.3, -0.25) is 9.69 Å². The van der Waals surface area contributed by atoms with Gasteiger partial charge >= 0.3 is 0 Å². The van der Waals surface area contributed by atoms with Gasteiger partial charge in [-0.2, -0.15) is 0 Å². The molecule has 2 aliphatic heterocycles. The topological polar surface area (TPSA) is 32.8 Å². The number of morpholine rings is 1. The first-order valence-corrected chi connectivity index (χ1v) is 5.36. The minimum absolute atomic E-state index is 0.132. The van der Waals surface area contributed by atoms with Crippen LogP contribution >= 0.6 is 0 Å². The number of nitrogens with zero attached hydrogens (tertiary/aromatic N) is 2. The molecule has 0 radical (unpaired) electrons. The van der Waals surface area contributed by atoms with Gasteiger partial charge in [-0.1, -0.05) is 0 Å². The molecule has 0 aromatic carbocycles. The lowest BCUT2D eigenvalue weighted by Crippen LogP contribution is -2.48. The fourth-order valence-corrected chi connectivity index (χ4v) is 2.22. The largest absolute Gasteiger partial charge is 0.378 e. The van der Waals surface area contributed by atoms with Crippen molar-refractivity contribution in [2.45, 2.75) is 18.9 Å². The van der Waals surface area contributed by atoms with Crippen molar-refractivity contribution in [3.8, 4) is 0 Å². The van der Waals surface area contributed by atoms with Crippen molar-refractivity contribution in [3.63, 3.8) is 0 Å². The van der Waals surface area contributed by atoms with Gasteiger partial charge in [0.25, 0.3) is 0 Å². The average molecular weight is 198 g/mol. The van der Waals surface area contributed by atoms with Gasteiger partial charge in [0.1, 0.15) is 0 Å². The van der Waals surface area contributed by atoms with E-state index in [-0.39, 0.29) is 6.04 Å². The van der Waals surface area contributed by atoms with E-state index < -0.39 is 0 Å². The van der Waals surface area contributed by atoms with E-state index in [4.69, 9.17) is 4.74 Å². The van der Waals surface area contributed by atoms with E-state index >= 15 is 0 Å². The van der Waals surface area contributed by atoms with Crippen LogP contribution in [-0.2, 0) is 9.53 Å². The molecule has 4 nitrogen and oxygen atoms in total. The quantitative estimate of drug-likeness (QED) is 0.592. The summed E-state index contributed by atoms with van der Waals surface area (Å²) >= 11 is 0.